The van der Waals surface area contributed by atoms with Crippen molar-refractivity contribution in [2.45, 2.75) is 20.8 Å². The minimum absolute atomic E-state index is 0.0826. The second kappa shape index (κ2) is 12.5. The molecule has 0 saturated heterocycles. The van der Waals surface area contributed by atoms with Gasteiger partial charge in [-0.25, -0.2) is 4.99 Å². The van der Waals surface area contributed by atoms with Crippen LogP contribution in [-0.2, 0) is 9.59 Å². The third-order valence-corrected chi connectivity index (χ3v) is 5.88. The highest BCUT2D eigenvalue weighted by Gasteiger charge is 2.17. The highest BCUT2D eigenvalue weighted by molar-refractivity contribution is 6.19. The van der Waals surface area contributed by atoms with Gasteiger partial charge in [-0.05, 0) is 56.7 Å². The van der Waals surface area contributed by atoms with Crippen molar-refractivity contribution < 1.29 is 14.4 Å². The Morgan fingerprint density at radius 2 is 1.68 bits per heavy atom. The number of likely N-dealkylation sites (N-methyl/N-ethyl adjacent to an activating group) is 1. The molecule has 0 atom stereocenters. The van der Waals surface area contributed by atoms with Crippen molar-refractivity contribution in [2.24, 2.45) is 10.7 Å². The molecule has 2 amide bonds. The number of nitrogens with zero attached hydrogens (tertiary/aromatic N) is 2. The Kier molecular flexibility index (Phi) is 9.11. The van der Waals surface area contributed by atoms with E-state index in [0.717, 1.165) is 11.1 Å². The van der Waals surface area contributed by atoms with Gasteiger partial charge in [-0.15, -0.1) is 0 Å². The first-order valence-electron chi connectivity index (χ1n) is 12.1. The Labute approximate surface area is 223 Å². The van der Waals surface area contributed by atoms with Crippen LogP contribution in [0.25, 0.3) is 5.70 Å². The summed E-state index contributed by atoms with van der Waals surface area (Å²) in [4.78, 5) is 43.7. The number of rotatable bonds is 8. The summed E-state index contributed by atoms with van der Waals surface area (Å²) in [6.45, 7) is 9.39. The minimum Gasteiger partial charge on any atom is -0.402 e. The highest BCUT2D eigenvalue weighted by Crippen LogP contribution is 2.23. The van der Waals surface area contributed by atoms with E-state index in [1.165, 1.54) is 11.0 Å². The molecule has 0 heterocycles. The first-order chi connectivity index (χ1) is 18.1. The maximum absolute atomic E-state index is 13.1. The van der Waals surface area contributed by atoms with Gasteiger partial charge in [-0.3, -0.25) is 14.4 Å². The third kappa shape index (κ3) is 7.13. The summed E-state index contributed by atoms with van der Waals surface area (Å²) in [5.41, 5.74) is 11.3. The van der Waals surface area contributed by atoms with Crippen LogP contribution in [-0.4, -0.2) is 41.8 Å². The van der Waals surface area contributed by atoms with Crippen molar-refractivity contribution in [3.05, 3.63) is 119 Å². The Bertz CT molecular complexity index is 1420. The molecule has 3 N–H and O–H groups in total. The van der Waals surface area contributed by atoms with Gasteiger partial charge in [0.15, 0.2) is 5.78 Å². The van der Waals surface area contributed by atoms with Crippen LogP contribution in [0.4, 0.5) is 5.69 Å². The number of allylic oxidation sites excluding steroid dienone is 6. The van der Waals surface area contributed by atoms with E-state index in [0.29, 0.717) is 39.5 Å². The molecule has 1 aliphatic rings. The number of nitrogens with two attached hydrogens (primary N) is 1. The van der Waals surface area contributed by atoms with Crippen molar-refractivity contribution in [1.29, 1.82) is 0 Å². The molecule has 1 aliphatic carbocycles. The van der Waals surface area contributed by atoms with Gasteiger partial charge in [0.1, 0.15) is 0 Å². The monoisotopic (exact) mass is 508 g/mol. The van der Waals surface area contributed by atoms with Crippen LogP contribution >= 0.6 is 0 Å². The zero-order chi connectivity index (χ0) is 27.8. The van der Waals surface area contributed by atoms with Crippen molar-refractivity contribution in [3.63, 3.8) is 0 Å². The predicted octanol–water partition coefficient (Wildman–Crippen LogP) is 4.99. The lowest BCUT2D eigenvalue weighted by molar-refractivity contribution is -0.115. The molecule has 2 aromatic carbocycles. The predicted molar refractivity (Wildman–Crippen MR) is 154 cm³/mol. The zero-order valence-corrected chi connectivity index (χ0v) is 22.1. The Morgan fingerprint density at radius 3 is 2.34 bits per heavy atom. The summed E-state index contributed by atoms with van der Waals surface area (Å²) >= 11 is 0. The van der Waals surface area contributed by atoms with Gasteiger partial charge < -0.3 is 16.0 Å². The summed E-state index contributed by atoms with van der Waals surface area (Å²) in [5, 5.41) is 2.87. The minimum atomic E-state index is -0.313. The number of amides is 2. The van der Waals surface area contributed by atoms with E-state index in [1.807, 2.05) is 55.5 Å². The molecule has 0 aliphatic heterocycles. The van der Waals surface area contributed by atoms with E-state index in [-0.39, 0.29) is 24.1 Å². The standard InChI is InChI=1S/C31H32N4O3/c1-20-10-6-7-11-27(20)23(4)33-29-13-9-8-12-28(29)22(3)30(37)34-25-16-14-24(15-17-25)31(38)35(5)19-26(36)18-21(2)32/h6-18H,4,19,32H2,1-3,5H3,(H,34,37)/b21-18-,28-22+,33-29?. The quantitative estimate of drug-likeness (QED) is 0.490. The van der Waals surface area contributed by atoms with Crippen molar-refractivity contribution >= 4 is 34.7 Å². The van der Waals surface area contributed by atoms with Gasteiger partial charge in [-0.1, -0.05) is 49.1 Å². The Balaban J connectivity index is 1.74. The number of hydrogen-bond donors (Lipinski definition) is 2. The maximum atomic E-state index is 13.1. The molecule has 0 bridgehead atoms. The first-order valence-corrected chi connectivity index (χ1v) is 12.1. The Morgan fingerprint density at radius 1 is 1.03 bits per heavy atom. The molecule has 38 heavy (non-hydrogen) atoms. The number of carbonyl (C=O) groups is 3. The highest BCUT2D eigenvalue weighted by atomic mass is 16.2. The second-order valence-corrected chi connectivity index (χ2v) is 9.06. The SMILES string of the molecule is C=C(N=C1C=CC=C/C1=C(/C)C(=O)Nc1ccc(C(=O)N(C)CC(=O)/C=C(/C)N)cc1)c1ccccc1C. The van der Waals surface area contributed by atoms with Crippen LogP contribution in [0.3, 0.4) is 0 Å². The number of nitrogens with one attached hydrogen (secondary N) is 1. The topological polar surface area (TPSA) is 105 Å². The van der Waals surface area contributed by atoms with Crippen LogP contribution in [0.15, 0.2) is 107 Å². The van der Waals surface area contributed by atoms with Gasteiger partial charge in [0.05, 0.1) is 18.0 Å². The molecule has 0 spiro atoms. The lowest BCUT2D eigenvalue weighted by atomic mass is 9.98. The Hall–Kier alpha value is -4.78. The molecule has 2 aromatic rings. The molecule has 0 saturated carbocycles. The lowest BCUT2D eigenvalue weighted by Gasteiger charge is -2.16. The molecule has 3 rings (SSSR count). The summed E-state index contributed by atoms with van der Waals surface area (Å²) < 4.78 is 0. The number of aryl methyl sites for hydroxylation is 1. The molecular weight excluding hydrogens is 476 g/mol. The number of carbonyl (C=O) groups excluding carboxylic acids is 3. The first kappa shape index (κ1) is 27.8. The van der Waals surface area contributed by atoms with Crippen LogP contribution < -0.4 is 11.1 Å². The molecule has 0 fully saturated rings. The van der Waals surface area contributed by atoms with E-state index in [9.17, 15) is 14.4 Å². The molecule has 194 valence electrons. The number of hydrogen-bond acceptors (Lipinski definition) is 5. The van der Waals surface area contributed by atoms with Crippen molar-refractivity contribution in [3.8, 4) is 0 Å². The third-order valence-electron chi connectivity index (χ3n) is 5.88. The second-order valence-electron chi connectivity index (χ2n) is 9.06. The smallest absolute Gasteiger partial charge is 0.254 e. The fourth-order valence-electron chi connectivity index (χ4n) is 3.86. The van der Waals surface area contributed by atoms with E-state index < -0.39 is 0 Å². The molecule has 0 aromatic heterocycles. The van der Waals surface area contributed by atoms with E-state index >= 15 is 0 Å². The molecule has 7 nitrogen and oxygen atoms in total. The average Bonchev–Trinajstić information content (AvgIpc) is 2.88. The normalized spacial score (nSPS) is 15.3. The van der Waals surface area contributed by atoms with E-state index in [4.69, 9.17) is 10.7 Å². The fourth-order valence-corrected chi connectivity index (χ4v) is 3.86. The van der Waals surface area contributed by atoms with E-state index in [1.54, 1.807) is 45.2 Å². The summed E-state index contributed by atoms with van der Waals surface area (Å²) in [7, 11) is 1.55. The summed E-state index contributed by atoms with van der Waals surface area (Å²) in [6.07, 6.45) is 8.71. The molecular formula is C31H32N4O3. The number of anilines is 1. The maximum Gasteiger partial charge on any atom is 0.254 e. The van der Waals surface area contributed by atoms with E-state index in [2.05, 4.69) is 11.9 Å². The van der Waals surface area contributed by atoms with Gasteiger partial charge >= 0.3 is 0 Å². The molecule has 0 unspecified atom stereocenters. The summed E-state index contributed by atoms with van der Waals surface area (Å²) in [5.74, 6) is -0.864. The number of benzene rings is 2. The summed E-state index contributed by atoms with van der Waals surface area (Å²) in [6, 6.07) is 14.4. The van der Waals surface area contributed by atoms with Crippen LogP contribution in [0.2, 0.25) is 0 Å². The van der Waals surface area contributed by atoms with Gasteiger partial charge in [-0.2, -0.15) is 0 Å². The zero-order valence-electron chi connectivity index (χ0n) is 22.1. The van der Waals surface area contributed by atoms with Gasteiger partial charge in [0.25, 0.3) is 11.8 Å². The van der Waals surface area contributed by atoms with Crippen LogP contribution in [0.1, 0.15) is 35.3 Å². The number of aliphatic imine (C=N–C) groups is 1. The molecule has 7 heteroatoms. The fraction of sp³-hybridized carbons (Fsp3) is 0.161. The van der Waals surface area contributed by atoms with Crippen molar-refractivity contribution in [1.82, 2.24) is 4.90 Å². The van der Waals surface area contributed by atoms with Crippen molar-refractivity contribution in [2.75, 3.05) is 18.9 Å². The van der Waals surface area contributed by atoms with Gasteiger partial charge in [0, 0.05) is 46.8 Å². The van der Waals surface area contributed by atoms with Crippen LogP contribution in [0, 0.1) is 6.92 Å². The molecule has 0 radical (unpaired) electrons. The van der Waals surface area contributed by atoms with Crippen LogP contribution in [0.5, 0.6) is 0 Å². The average molecular weight is 509 g/mol. The van der Waals surface area contributed by atoms with Gasteiger partial charge in [0.2, 0.25) is 0 Å². The largest absolute Gasteiger partial charge is 0.402 e. The number of ketones is 1. The lowest BCUT2D eigenvalue weighted by Crippen LogP contribution is -2.31.